The van der Waals surface area contributed by atoms with Crippen LogP contribution in [0.25, 0.3) is 0 Å². The van der Waals surface area contributed by atoms with Crippen LogP contribution in [-0.2, 0) is 4.79 Å². The standard InChI is InChI=1S/C11H8F3NOS/c1-15-7-4-2-3-5-8(7)17-10(15)6-9(16)11(12,13)14/h2-6H,1H3. The highest BCUT2D eigenvalue weighted by atomic mass is 32.2. The molecule has 0 radical (unpaired) electrons. The lowest BCUT2D eigenvalue weighted by molar-refractivity contribution is -0.165. The number of carbonyl (C=O) groups is 1. The summed E-state index contributed by atoms with van der Waals surface area (Å²) in [6.07, 6.45) is -4.19. The van der Waals surface area contributed by atoms with Gasteiger partial charge in [-0.25, -0.2) is 0 Å². The number of hydrogen-bond acceptors (Lipinski definition) is 3. The smallest absolute Gasteiger partial charge is 0.338 e. The molecule has 0 spiro atoms. The molecular weight excluding hydrogens is 251 g/mol. The summed E-state index contributed by atoms with van der Waals surface area (Å²) in [5, 5.41) is 0.286. The number of nitrogens with zero attached hydrogens (tertiary/aromatic N) is 1. The maximum Gasteiger partial charge on any atom is 0.454 e. The lowest BCUT2D eigenvalue weighted by atomic mass is 10.3. The molecule has 0 saturated carbocycles. The molecule has 0 N–H and O–H groups in total. The zero-order valence-electron chi connectivity index (χ0n) is 8.78. The van der Waals surface area contributed by atoms with E-state index in [1.54, 1.807) is 36.2 Å². The number of benzene rings is 1. The zero-order valence-corrected chi connectivity index (χ0v) is 9.60. The number of alkyl halides is 3. The molecule has 0 aliphatic carbocycles. The van der Waals surface area contributed by atoms with Crippen molar-refractivity contribution < 1.29 is 18.0 Å². The van der Waals surface area contributed by atoms with E-state index in [-0.39, 0.29) is 5.03 Å². The molecule has 90 valence electrons. The minimum absolute atomic E-state index is 0.286. The number of fused-ring (bicyclic) bond motifs is 1. The van der Waals surface area contributed by atoms with Crippen LogP contribution in [0.3, 0.4) is 0 Å². The Balaban J connectivity index is 2.29. The first kappa shape index (κ1) is 12.0. The second-order valence-electron chi connectivity index (χ2n) is 3.47. The van der Waals surface area contributed by atoms with Crippen molar-refractivity contribution in [3.63, 3.8) is 0 Å². The van der Waals surface area contributed by atoms with Crippen molar-refractivity contribution in [1.29, 1.82) is 0 Å². The first-order valence-electron chi connectivity index (χ1n) is 4.73. The molecule has 6 heteroatoms. The summed E-state index contributed by atoms with van der Waals surface area (Å²) >= 11 is 1.15. The van der Waals surface area contributed by atoms with Gasteiger partial charge in [0.05, 0.1) is 10.7 Å². The third-order valence-electron chi connectivity index (χ3n) is 2.31. The summed E-state index contributed by atoms with van der Waals surface area (Å²) in [4.78, 5) is 13.3. The lowest BCUT2D eigenvalue weighted by Crippen LogP contribution is -2.22. The van der Waals surface area contributed by atoms with E-state index in [9.17, 15) is 18.0 Å². The van der Waals surface area contributed by atoms with Crippen LogP contribution in [0.1, 0.15) is 0 Å². The van der Waals surface area contributed by atoms with Crippen molar-refractivity contribution in [2.24, 2.45) is 0 Å². The van der Waals surface area contributed by atoms with Crippen LogP contribution in [0.15, 0.2) is 40.3 Å². The van der Waals surface area contributed by atoms with Gasteiger partial charge in [-0.05, 0) is 12.1 Å². The van der Waals surface area contributed by atoms with Crippen molar-refractivity contribution in [2.45, 2.75) is 11.1 Å². The largest absolute Gasteiger partial charge is 0.454 e. The fraction of sp³-hybridized carbons (Fsp3) is 0.182. The molecule has 1 aliphatic heterocycles. The van der Waals surface area contributed by atoms with Gasteiger partial charge in [-0.3, -0.25) is 4.79 Å². The number of allylic oxidation sites excluding steroid dienone is 1. The van der Waals surface area contributed by atoms with Crippen LogP contribution in [0.4, 0.5) is 18.9 Å². The molecule has 0 aromatic heterocycles. The van der Waals surface area contributed by atoms with Crippen molar-refractivity contribution in [3.05, 3.63) is 35.4 Å². The normalized spacial score (nSPS) is 17.4. The number of thioether (sulfide) groups is 1. The number of hydrogen-bond donors (Lipinski definition) is 0. The SMILES string of the molecule is CN1C(=CC(=O)C(F)(F)F)Sc2ccccc21. The molecule has 1 aliphatic rings. The first-order chi connectivity index (χ1) is 7.89. The zero-order chi connectivity index (χ0) is 12.6. The van der Waals surface area contributed by atoms with Gasteiger partial charge in [0.15, 0.2) is 0 Å². The Hall–Kier alpha value is -1.43. The Morgan fingerprint density at radius 1 is 1.35 bits per heavy atom. The topological polar surface area (TPSA) is 20.3 Å². The fourth-order valence-electron chi connectivity index (χ4n) is 1.44. The number of carbonyl (C=O) groups excluding carboxylic acids is 1. The van der Waals surface area contributed by atoms with Gasteiger partial charge in [0.25, 0.3) is 5.78 Å². The van der Waals surface area contributed by atoms with Gasteiger partial charge in [-0.1, -0.05) is 23.9 Å². The Labute approximate surface area is 100 Å². The minimum atomic E-state index is -4.82. The molecule has 1 aromatic rings. The maximum absolute atomic E-state index is 12.1. The third kappa shape index (κ3) is 2.31. The number of anilines is 1. The molecule has 1 aromatic carbocycles. The van der Waals surface area contributed by atoms with E-state index < -0.39 is 12.0 Å². The van der Waals surface area contributed by atoms with E-state index in [0.717, 1.165) is 22.3 Å². The second-order valence-corrected chi connectivity index (χ2v) is 4.54. The molecule has 17 heavy (non-hydrogen) atoms. The average molecular weight is 259 g/mol. The van der Waals surface area contributed by atoms with Crippen LogP contribution in [0.2, 0.25) is 0 Å². The first-order valence-corrected chi connectivity index (χ1v) is 5.54. The molecule has 0 amide bonds. The number of halogens is 3. The van der Waals surface area contributed by atoms with Gasteiger partial charge in [0.1, 0.15) is 0 Å². The highest BCUT2D eigenvalue weighted by Gasteiger charge is 2.38. The van der Waals surface area contributed by atoms with E-state index in [1.807, 2.05) is 0 Å². The molecule has 0 bridgehead atoms. The summed E-state index contributed by atoms with van der Waals surface area (Å²) in [6, 6.07) is 7.19. The van der Waals surface area contributed by atoms with Crippen molar-refractivity contribution in [1.82, 2.24) is 0 Å². The summed E-state index contributed by atoms with van der Waals surface area (Å²) in [5.41, 5.74) is 0.804. The van der Waals surface area contributed by atoms with E-state index in [1.165, 1.54) is 0 Å². The molecule has 0 atom stereocenters. The predicted molar refractivity (Wildman–Crippen MR) is 59.8 cm³/mol. The number of rotatable bonds is 1. The van der Waals surface area contributed by atoms with Crippen molar-refractivity contribution in [3.8, 4) is 0 Å². The van der Waals surface area contributed by atoms with E-state index in [2.05, 4.69) is 0 Å². The highest BCUT2D eigenvalue weighted by molar-refractivity contribution is 8.03. The monoisotopic (exact) mass is 259 g/mol. The summed E-state index contributed by atoms with van der Waals surface area (Å²) in [7, 11) is 1.63. The molecular formula is C11H8F3NOS. The van der Waals surface area contributed by atoms with Crippen LogP contribution in [0, 0.1) is 0 Å². The van der Waals surface area contributed by atoms with Gasteiger partial charge in [-0.15, -0.1) is 0 Å². The molecule has 0 unspecified atom stereocenters. The summed E-state index contributed by atoms with van der Waals surface area (Å²) in [6.45, 7) is 0. The van der Waals surface area contributed by atoms with E-state index in [4.69, 9.17) is 0 Å². The Morgan fingerprint density at radius 2 is 2.00 bits per heavy atom. The minimum Gasteiger partial charge on any atom is -0.338 e. The van der Waals surface area contributed by atoms with Gasteiger partial charge < -0.3 is 4.90 Å². The molecule has 2 rings (SSSR count). The van der Waals surface area contributed by atoms with Crippen LogP contribution in [-0.4, -0.2) is 19.0 Å². The quantitative estimate of drug-likeness (QED) is 0.722. The van der Waals surface area contributed by atoms with Gasteiger partial charge in [0, 0.05) is 18.0 Å². The van der Waals surface area contributed by atoms with Crippen LogP contribution >= 0.6 is 11.8 Å². The van der Waals surface area contributed by atoms with Crippen molar-refractivity contribution >= 4 is 23.2 Å². The number of para-hydroxylation sites is 1. The highest BCUT2D eigenvalue weighted by Crippen LogP contribution is 2.44. The van der Waals surface area contributed by atoms with Gasteiger partial charge in [-0.2, -0.15) is 13.2 Å². The van der Waals surface area contributed by atoms with Crippen LogP contribution < -0.4 is 4.90 Å². The molecule has 0 saturated heterocycles. The average Bonchev–Trinajstić information content (AvgIpc) is 2.55. The molecule has 0 fully saturated rings. The maximum atomic E-state index is 12.1. The van der Waals surface area contributed by atoms with E-state index in [0.29, 0.717) is 6.08 Å². The Morgan fingerprint density at radius 3 is 2.59 bits per heavy atom. The van der Waals surface area contributed by atoms with Gasteiger partial charge >= 0.3 is 6.18 Å². The van der Waals surface area contributed by atoms with Crippen LogP contribution in [0.5, 0.6) is 0 Å². The van der Waals surface area contributed by atoms with E-state index >= 15 is 0 Å². The second kappa shape index (κ2) is 4.10. The van der Waals surface area contributed by atoms with Gasteiger partial charge in [0.2, 0.25) is 0 Å². The summed E-state index contributed by atoms with van der Waals surface area (Å²) < 4.78 is 36.4. The lowest BCUT2D eigenvalue weighted by Gasteiger charge is -2.13. The number of ketones is 1. The molecule has 1 heterocycles. The van der Waals surface area contributed by atoms with Crippen molar-refractivity contribution in [2.75, 3.05) is 11.9 Å². The Kier molecular flexibility index (Phi) is 2.91. The summed E-state index contributed by atoms with van der Waals surface area (Å²) in [5.74, 6) is -1.83. The molecule has 2 nitrogen and oxygen atoms in total. The predicted octanol–water partition coefficient (Wildman–Crippen LogP) is 3.20. The Bertz CT molecular complexity index is 496. The third-order valence-corrected chi connectivity index (χ3v) is 3.47. The fourth-order valence-corrected chi connectivity index (χ4v) is 2.52.